The van der Waals surface area contributed by atoms with E-state index in [1.165, 1.54) is 0 Å². The van der Waals surface area contributed by atoms with Gasteiger partial charge in [-0.25, -0.2) is 4.98 Å². The number of aliphatic hydroxyl groups is 1. The van der Waals surface area contributed by atoms with Crippen LogP contribution in [0.3, 0.4) is 0 Å². The van der Waals surface area contributed by atoms with Gasteiger partial charge in [-0.15, -0.1) is 11.3 Å². The number of aliphatic hydroxyl groups excluding tert-OH is 1. The van der Waals surface area contributed by atoms with Crippen molar-refractivity contribution in [2.24, 2.45) is 0 Å². The molecule has 6 nitrogen and oxygen atoms in total. The van der Waals surface area contributed by atoms with Crippen LogP contribution in [0.4, 0.5) is 0 Å². The van der Waals surface area contributed by atoms with Gasteiger partial charge < -0.3 is 10.0 Å². The van der Waals surface area contributed by atoms with E-state index in [-0.39, 0.29) is 5.91 Å². The topological polar surface area (TPSA) is 71.2 Å². The van der Waals surface area contributed by atoms with Gasteiger partial charge in [0, 0.05) is 18.5 Å². The number of carbonyl (C=O) groups excluding carboxylic acids is 1. The molecule has 0 spiro atoms. The molecule has 0 aromatic carbocycles. The molecule has 2 aromatic rings. The number of fused-ring (bicyclic) bond motifs is 1. The first kappa shape index (κ1) is 18.4. The van der Waals surface area contributed by atoms with Crippen molar-refractivity contribution in [3.8, 4) is 0 Å². The van der Waals surface area contributed by atoms with Crippen LogP contribution in [-0.2, 0) is 24.3 Å². The molecule has 0 radical (unpaired) electrons. The fourth-order valence-electron chi connectivity index (χ4n) is 2.90. The maximum atomic E-state index is 12.7. The molecule has 0 saturated carbocycles. The maximum absolute atomic E-state index is 12.7. The van der Waals surface area contributed by atoms with Crippen LogP contribution in [0.5, 0.6) is 0 Å². The number of nitrogens with zero attached hydrogens (tertiary/aromatic N) is 4. The van der Waals surface area contributed by atoms with E-state index in [0.29, 0.717) is 25.1 Å². The fraction of sp³-hybridized carbons (Fsp3) is 0.588. The van der Waals surface area contributed by atoms with Gasteiger partial charge in [-0.2, -0.15) is 5.10 Å². The van der Waals surface area contributed by atoms with Crippen molar-refractivity contribution >= 4 is 29.0 Å². The van der Waals surface area contributed by atoms with E-state index in [1.807, 2.05) is 28.0 Å². The lowest BCUT2D eigenvalue weighted by Crippen LogP contribution is -2.32. The van der Waals surface area contributed by atoms with Crippen molar-refractivity contribution in [3.05, 3.63) is 28.5 Å². The number of aryl methyl sites for hydroxylation is 1. The lowest BCUT2D eigenvalue weighted by molar-refractivity contribution is -0.131. The van der Waals surface area contributed by atoms with Crippen molar-refractivity contribution in [3.63, 3.8) is 0 Å². The van der Waals surface area contributed by atoms with E-state index in [0.717, 1.165) is 41.0 Å². The molecule has 136 valence electrons. The molecule has 25 heavy (non-hydrogen) atoms. The molecule has 0 unspecified atom stereocenters. The largest absolute Gasteiger partial charge is 0.387 e. The number of thioether (sulfide) groups is 1. The molecule has 2 aromatic heterocycles. The highest BCUT2D eigenvalue weighted by molar-refractivity contribution is 8.00. The van der Waals surface area contributed by atoms with Gasteiger partial charge in [0.25, 0.3) is 0 Å². The normalized spacial score (nSPS) is 15.7. The Kier molecular flexibility index (Phi) is 6.14. The Morgan fingerprint density at radius 1 is 1.44 bits per heavy atom. The van der Waals surface area contributed by atoms with Gasteiger partial charge in [-0.3, -0.25) is 9.48 Å². The Balaban J connectivity index is 1.67. The van der Waals surface area contributed by atoms with Crippen LogP contribution in [0, 0.1) is 0 Å². The summed E-state index contributed by atoms with van der Waals surface area (Å²) in [5.41, 5.74) is 2.55. The maximum Gasteiger partial charge on any atom is 0.228 e. The molecule has 1 atom stereocenters. The molecule has 1 aliphatic rings. The van der Waals surface area contributed by atoms with E-state index in [1.54, 1.807) is 23.1 Å². The molecule has 3 rings (SSSR count). The number of hydrogen-bond acceptors (Lipinski definition) is 6. The first-order chi connectivity index (χ1) is 12.1. The summed E-state index contributed by atoms with van der Waals surface area (Å²) in [6.07, 6.45) is 1.32. The lowest BCUT2D eigenvalue weighted by Gasteiger charge is -2.19. The van der Waals surface area contributed by atoms with E-state index in [2.05, 4.69) is 17.0 Å². The first-order valence-electron chi connectivity index (χ1n) is 8.70. The zero-order valence-electron chi connectivity index (χ0n) is 14.6. The minimum absolute atomic E-state index is 0.102. The Bertz CT molecular complexity index is 728. The second-order valence-corrected chi connectivity index (χ2v) is 8.46. The fourth-order valence-corrected chi connectivity index (χ4v) is 4.64. The molecule has 0 bridgehead atoms. The van der Waals surface area contributed by atoms with Gasteiger partial charge in [0.05, 0.1) is 36.2 Å². The number of hydrogen-bond donors (Lipinski definition) is 1. The van der Waals surface area contributed by atoms with E-state index in [9.17, 15) is 9.90 Å². The quantitative estimate of drug-likeness (QED) is 0.780. The molecule has 1 N–H and O–H groups in total. The van der Waals surface area contributed by atoms with Crippen LogP contribution in [-0.4, -0.2) is 43.0 Å². The number of carbonyl (C=O) groups is 1. The van der Waals surface area contributed by atoms with Crippen LogP contribution >= 0.6 is 23.1 Å². The Hall–Kier alpha value is -1.38. The van der Waals surface area contributed by atoms with E-state index >= 15 is 0 Å². The molecule has 1 amide bonds. The summed E-state index contributed by atoms with van der Waals surface area (Å²) in [6.45, 7) is 6.09. The molecule has 0 aliphatic carbocycles. The zero-order valence-corrected chi connectivity index (χ0v) is 16.3. The summed E-state index contributed by atoms with van der Waals surface area (Å²) < 4.78 is 2.96. The highest BCUT2D eigenvalue weighted by Gasteiger charge is 2.22. The van der Waals surface area contributed by atoms with Gasteiger partial charge in [-0.05, 0) is 24.7 Å². The SMILES string of the molecule is CCSc1nc(CC(=O)N2CCCn3nc([C@H](O)CC)cc3C2)cs1. The summed E-state index contributed by atoms with van der Waals surface area (Å²) in [7, 11) is 0. The minimum atomic E-state index is -0.534. The standard InChI is InChI=1S/C17H24N4O2S2/c1-3-15(22)14-9-13-10-20(6-5-7-21(13)19-14)16(23)8-12-11-25-17(18-12)24-4-2/h9,11,15,22H,3-8,10H2,1-2H3/t15-/m1/s1. The predicted molar refractivity (Wildman–Crippen MR) is 99.7 cm³/mol. The van der Waals surface area contributed by atoms with Gasteiger partial charge in [-0.1, -0.05) is 25.6 Å². The molecule has 0 saturated heterocycles. The summed E-state index contributed by atoms with van der Waals surface area (Å²) in [4.78, 5) is 19.1. The van der Waals surface area contributed by atoms with Crippen molar-refractivity contribution in [1.29, 1.82) is 0 Å². The average Bonchev–Trinajstić information content (AvgIpc) is 3.16. The lowest BCUT2D eigenvalue weighted by atomic mass is 10.2. The Morgan fingerprint density at radius 2 is 2.28 bits per heavy atom. The average molecular weight is 381 g/mol. The smallest absolute Gasteiger partial charge is 0.228 e. The van der Waals surface area contributed by atoms with Gasteiger partial charge in [0.2, 0.25) is 5.91 Å². The molecular formula is C17H24N4O2S2. The zero-order chi connectivity index (χ0) is 17.8. The Labute approximate surface area is 156 Å². The van der Waals surface area contributed by atoms with E-state index < -0.39 is 6.10 Å². The van der Waals surface area contributed by atoms with Crippen LogP contribution in [0.2, 0.25) is 0 Å². The van der Waals surface area contributed by atoms with E-state index in [4.69, 9.17) is 0 Å². The third-order valence-electron chi connectivity index (χ3n) is 4.24. The number of aromatic nitrogens is 3. The number of amides is 1. The minimum Gasteiger partial charge on any atom is -0.387 e. The van der Waals surface area contributed by atoms with Crippen molar-refractivity contribution < 1.29 is 9.90 Å². The predicted octanol–water partition coefficient (Wildman–Crippen LogP) is 2.87. The summed E-state index contributed by atoms with van der Waals surface area (Å²) in [5.74, 6) is 1.09. The summed E-state index contributed by atoms with van der Waals surface area (Å²) in [5, 5.41) is 16.5. The number of thiazole rings is 1. The van der Waals surface area contributed by atoms with Crippen LogP contribution in [0.25, 0.3) is 0 Å². The third kappa shape index (κ3) is 4.43. The van der Waals surface area contributed by atoms with Crippen molar-refractivity contribution in [2.45, 2.75) is 56.6 Å². The number of rotatable bonds is 6. The third-order valence-corrected chi connectivity index (χ3v) is 6.20. The van der Waals surface area contributed by atoms with Crippen LogP contribution < -0.4 is 0 Å². The molecule has 3 heterocycles. The van der Waals surface area contributed by atoms with Crippen LogP contribution in [0.1, 0.15) is 49.9 Å². The highest BCUT2D eigenvalue weighted by Crippen LogP contribution is 2.23. The Morgan fingerprint density at radius 3 is 3.04 bits per heavy atom. The first-order valence-corrected chi connectivity index (χ1v) is 10.6. The summed E-state index contributed by atoms with van der Waals surface area (Å²) >= 11 is 3.31. The highest BCUT2D eigenvalue weighted by atomic mass is 32.2. The monoisotopic (exact) mass is 380 g/mol. The molecular weight excluding hydrogens is 356 g/mol. The molecule has 1 aliphatic heterocycles. The van der Waals surface area contributed by atoms with Gasteiger partial charge >= 0.3 is 0 Å². The van der Waals surface area contributed by atoms with Gasteiger partial charge in [0.1, 0.15) is 4.34 Å². The molecule has 8 heteroatoms. The van der Waals surface area contributed by atoms with Crippen molar-refractivity contribution in [1.82, 2.24) is 19.7 Å². The van der Waals surface area contributed by atoms with Crippen molar-refractivity contribution in [2.75, 3.05) is 12.3 Å². The molecule has 0 fully saturated rings. The second kappa shape index (κ2) is 8.33. The van der Waals surface area contributed by atoms with Gasteiger partial charge in [0.15, 0.2) is 0 Å². The second-order valence-electron chi connectivity index (χ2n) is 6.09. The van der Waals surface area contributed by atoms with Crippen LogP contribution in [0.15, 0.2) is 15.8 Å². The summed E-state index contributed by atoms with van der Waals surface area (Å²) in [6, 6.07) is 1.93.